The van der Waals surface area contributed by atoms with E-state index >= 15 is 0 Å². The molecule has 174 valence electrons. The van der Waals surface area contributed by atoms with Crippen LogP contribution in [0.2, 0.25) is 10.0 Å². The van der Waals surface area contributed by atoms with E-state index in [0.29, 0.717) is 16.7 Å². The first-order valence-electron chi connectivity index (χ1n) is 9.45. The van der Waals surface area contributed by atoms with Gasteiger partial charge in [-0.25, -0.2) is 8.42 Å². The van der Waals surface area contributed by atoms with Gasteiger partial charge in [0.05, 0.1) is 15.5 Å². The van der Waals surface area contributed by atoms with E-state index in [-0.39, 0.29) is 17.0 Å². The van der Waals surface area contributed by atoms with E-state index in [0.717, 1.165) is 6.07 Å². The number of amides is 1. The van der Waals surface area contributed by atoms with Crippen LogP contribution in [0.25, 0.3) is 0 Å². The monoisotopic (exact) mass is 516 g/mol. The molecule has 33 heavy (non-hydrogen) atoms. The molecule has 1 atom stereocenters. The Balaban J connectivity index is 1.89. The number of alkyl halides is 3. The molecule has 0 heterocycles. The van der Waals surface area contributed by atoms with Gasteiger partial charge in [-0.2, -0.15) is 17.9 Å². The summed E-state index contributed by atoms with van der Waals surface area (Å²) in [6.07, 6.45) is -4.77. The van der Waals surface area contributed by atoms with Crippen molar-refractivity contribution >= 4 is 44.8 Å². The lowest BCUT2D eigenvalue weighted by Gasteiger charge is -2.19. The summed E-state index contributed by atoms with van der Waals surface area (Å²) in [6.45, 7) is 0. The Morgan fingerprint density at radius 3 is 2.18 bits per heavy atom. The third-order valence-electron chi connectivity index (χ3n) is 4.56. The zero-order chi connectivity index (χ0) is 24.2. The zero-order valence-corrected chi connectivity index (χ0v) is 19.1. The molecule has 0 bridgehead atoms. The van der Waals surface area contributed by atoms with Gasteiger partial charge in [0.15, 0.2) is 0 Å². The largest absolute Gasteiger partial charge is 0.417 e. The maximum atomic E-state index is 13.2. The van der Waals surface area contributed by atoms with Crippen LogP contribution in [0.3, 0.4) is 0 Å². The lowest BCUT2D eigenvalue weighted by atomic mass is 10.1. The normalized spacial score (nSPS) is 12.9. The van der Waals surface area contributed by atoms with Crippen molar-refractivity contribution < 1.29 is 26.4 Å². The standard InChI is InChI=1S/C22H17Cl2F3N2O3S/c23-15-6-9-17(10-7-15)33(31,32)29-20(12-14-4-2-1-3-5-14)21(30)28-16-8-11-19(24)18(13-16)22(25,26)27/h1-11,13,20,29H,12H2,(H,28,30)/t20-/m1/s1. The molecule has 0 saturated heterocycles. The summed E-state index contributed by atoms with van der Waals surface area (Å²) in [4.78, 5) is 12.8. The van der Waals surface area contributed by atoms with Crippen LogP contribution in [0.4, 0.5) is 18.9 Å². The second-order valence-corrected chi connectivity index (χ2v) is 9.56. The van der Waals surface area contributed by atoms with E-state index in [2.05, 4.69) is 10.0 Å². The van der Waals surface area contributed by atoms with Gasteiger partial charge in [0.25, 0.3) is 0 Å². The van der Waals surface area contributed by atoms with Gasteiger partial charge in [0.2, 0.25) is 15.9 Å². The average Bonchev–Trinajstić information content (AvgIpc) is 2.74. The quantitative estimate of drug-likeness (QED) is 0.432. The van der Waals surface area contributed by atoms with Crippen molar-refractivity contribution in [3.8, 4) is 0 Å². The van der Waals surface area contributed by atoms with Crippen molar-refractivity contribution in [3.63, 3.8) is 0 Å². The molecule has 0 aliphatic heterocycles. The highest BCUT2D eigenvalue weighted by Crippen LogP contribution is 2.36. The molecule has 3 aromatic rings. The third kappa shape index (κ3) is 6.70. The minimum atomic E-state index is -4.72. The predicted molar refractivity (Wildman–Crippen MR) is 121 cm³/mol. The molecule has 0 aliphatic carbocycles. The highest BCUT2D eigenvalue weighted by atomic mass is 35.5. The molecular formula is C22H17Cl2F3N2O3S. The number of benzene rings is 3. The fourth-order valence-electron chi connectivity index (χ4n) is 2.96. The van der Waals surface area contributed by atoms with Gasteiger partial charge in [0.1, 0.15) is 6.04 Å². The number of halogens is 5. The average molecular weight is 517 g/mol. The second-order valence-electron chi connectivity index (χ2n) is 7.00. The Kier molecular flexibility index (Phi) is 7.69. The smallest absolute Gasteiger partial charge is 0.325 e. The van der Waals surface area contributed by atoms with E-state index in [9.17, 15) is 26.4 Å². The van der Waals surface area contributed by atoms with Gasteiger partial charge in [-0.1, -0.05) is 53.5 Å². The molecule has 0 spiro atoms. The van der Waals surface area contributed by atoms with Crippen LogP contribution in [0.5, 0.6) is 0 Å². The molecule has 11 heteroatoms. The molecule has 0 saturated carbocycles. The number of rotatable bonds is 7. The molecule has 2 N–H and O–H groups in total. The number of nitrogens with one attached hydrogen (secondary N) is 2. The van der Waals surface area contributed by atoms with Crippen molar-refractivity contribution in [1.29, 1.82) is 0 Å². The number of carbonyl (C=O) groups excluding carboxylic acids is 1. The van der Waals surface area contributed by atoms with Crippen molar-refractivity contribution in [2.45, 2.75) is 23.5 Å². The number of hydrogen-bond acceptors (Lipinski definition) is 3. The Morgan fingerprint density at radius 2 is 1.58 bits per heavy atom. The van der Waals surface area contributed by atoms with Crippen molar-refractivity contribution in [2.24, 2.45) is 0 Å². The van der Waals surface area contributed by atoms with Gasteiger partial charge < -0.3 is 5.32 Å². The first-order chi connectivity index (χ1) is 15.5. The highest BCUT2D eigenvalue weighted by molar-refractivity contribution is 7.89. The van der Waals surface area contributed by atoms with Gasteiger partial charge in [-0.3, -0.25) is 4.79 Å². The zero-order valence-electron chi connectivity index (χ0n) is 16.7. The Morgan fingerprint density at radius 1 is 0.939 bits per heavy atom. The molecule has 0 unspecified atom stereocenters. The van der Waals surface area contributed by atoms with E-state index in [1.165, 1.54) is 30.3 Å². The van der Waals surface area contributed by atoms with Gasteiger partial charge in [-0.15, -0.1) is 0 Å². The highest BCUT2D eigenvalue weighted by Gasteiger charge is 2.34. The molecule has 0 aromatic heterocycles. The summed E-state index contributed by atoms with van der Waals surface area (Å²) in [5, 5.41) is 2.15. The lowest BCUT2D eigenvalue weighted by Crippen LogP contribution is -2.45. The summed E-state index contributed by atoms with van der Waals surface area (Å²) in [5.41, 5.74) is -0.660. The molecule has 0 fully saturated rings. The fourth-order valence-corrected chi connectivity index (χ4v) is 4.50. The summed E-state index contributed by atoms with van der Waals surface area (Å²) >= 11 is 11.4. The molecular weight excluding hydrogens is 500 g/mol. The third-order valence-corrected chi connectivity index (χ3v) is 6.63. The maximum absolute atomic E-state index is 13.2. The molecule has 0 aliphatic rings. The van der Waals surface area contributed by atoms with Crippen LogP contribution < -0.4 is 10.0 Å². The lowest BCUT2D eigenvalue weighted by molar-refractivity contribution is -0.137. The van der Waals surface area contributed by atoms with Crippen LogP contribution in [-0.2, 0) is 27.4 Å². The summed E-state index contributed by atoms with van der Waals surface area (Å²) < 4.78 is 67.4. The Labute approximate surface area is 198 Å². The van der Waals surface area contributed by atoms with Gasteiger partial charge in [0, 0.05) is 10.7 Å². The van der Waals surface area contributed by atoms with Gasteiger partial charge in [-0.05, 0) is 54.4 Å². The van der Waals surface area contributed by atoms with E-state index in [1.54, 1.807) is 30.3 Å². The van der Waals surface area contributed by atoms with Gasteiger partial charge >= 0.3 is 6.18 Å². The fraction of sp³-hybridized carbons (Fsp3) is 0.136. The number of hydrogen-bond donors (Lipinski definition) is 2. The minimum absolute atomic E-state index is 0.0424. The number of sulfonamides is 1. The first-order valence-corrected chi connectivity index (χ1v) is 11.7. The van der Waals surface area contributed by atoms with Crippen molar-refractivity contribution in [1.82, 2.24) is 4.72 Å². The topological polar surface area (TPSA) is 75.3 Å². The van der Waals surface area contributed by atoms with Crippen LogP contribution in [0.15, 0.2) is 77.7 Å². The Hall–Kier alpha value is -2.59. The summed E-state index contributed by atoms with van der Waals surface area (Å²) in [7, 11) is -4.14. The molecule has 5 nitrogen and oxygen atoms in total. The first kappa shape index (κ1) is 25.0. The SMILES string of the molecule is O=C(Nc1ccc(Cl)c(C(F)(F)F)c1)[C@@H](Cc1ccccc1)NS(=O)(=O)c1ccc(Cl)cc1. The summed E-state index contributed by atoms with van der Waals surface area (Å²) in [5.74, 6) is -0.841. The van der Waals surface area contributed by atoms with Crippen molar-refractivity contribution in [2.75, 3.05) is 5.32 Å². The van der Waals surface area contributed by atoms with E-state index in [1.807, 2.05) is 0 Å². The van der Waals surface area contributed by atoms with Crippen LogP contribution in [0.1, 0.15) is 11.1 Å². The predicted octanol–water partition coefficient (Wildman–Crippen LogP) is 5.54. The molecule has 3 aromatic carbocycles. The molecule has 1 amide bonds. The molecule has 3 rings (SSSR count). The number of carbonyl (C=O) groups is 1. The molecule has 0 radical (unpaired) electrons. The minimum Gasteiger partial charge on any atom is -0.325 e. The van der Waals surface area contributed by atoms with Crippen molar-refractivity contribution in [3.05, 3.63) is 94.0 Å². The number of anilines is 1. The van der Waals surface area contributed by atoms with E-state index in [4.69, 9.17) is 23.2 Å². The van der Waals surface area contributed by atoms with Crippen LogP contribution in [0, 0.1) is 0 Å². The Bertz CT molecular complexity index is 1240. The van der Waals surface area contributed by atoms with E-state index < -0.39 is 38.7 Å². The van der Waals surface area contributed by atoms with Crippen LogP contribution in [-0.4, -0.2) is 20.4 Å². The maximum Gasteiger partial charge on any atom is 0.417 e. The van der Waals surface area contributed by atoms with Crippen LogP contribution >= 0.6 is 23.2 Å². The second kappa shape index (κ2) is 10.1. The summed E-state index contributed by atoms with van der Waals surface area (Å²) in [6, 6.07) is 15.5.